The number of thioether (sulfide) groups is 1. The molecule has 0 spiro atoms. The molecule has 0 aromatic carbocycles. The molecule has 21 heavy (non-hydrogen) atoms. The molecule has 1 atom stereocenters. The number of aliphatic carboxylic acids is 1. The maximum Gasteiger partial charge on any atom is 0.327 e. The van der Waals surface area contributed by atoms with E-state index in [2.05, 4.69) is 19.2 Å². The molecule has 5 nitrogen and oxygen atoms in total. The molecular weight excluding hydrogens is 288 g/mol. The molecule has 0 radical (unpaired) electrons. The number of rotatable bonds is 8. The predicted molar refractivity (Wildman–Crippen MR) is 86.8 cm³/mol. The molecule has 1 fully saturated rings. The zero-order chi connectivity index (χ0) is 15.7. The number of hydrogen-bond acceptors (Lipinski definition) is 3. The second-order valence-electron chi connectivity index (χ2n) is 5.95. The second kappa shape index (κ2) is 9.92. The van der Waals surface area contributed by atoms with E-state index in [4.69, 9.17) is 5.11 Å². The third-order valence-corrected chi connectivity index (χ3v) is 4.68. The van der Waals surface area contributed by atoms with Crippen LogP contribution in [0.1, 0.15) is 46.0 Å². The van der Waals surface area contributed by atoms with Gasteiger partial charge in [-0.2, -0.15) is 11.8 Å². The van der Waals surface area contributed by atoms with Gasteiger partial charge in [-0.05, 0) is 12.3 Å². The molecule has 0 aromatic rings. The monoisotopic (exact) mass is 316 g/mol. The number of nitrogens with zero attached hydrogens (tertiary/aromatic N) is 1. The third kappa shape index (κ3) is 7.07. The second-order valence-corrected chi connectivity index (χ2v) is 7.10. The lowest BCUT2D eigenvalue weighted by molar-refractivity contribution is -0.141. The van der Waals surface area contributed by atoms with Crippen molar-refractivity contribution in [2.75, 3.05) is 24.6 Å². The number of amides is 2. The largest absolute Gasteiger partial charge is 0.480 e. The van der Waals surface area contributed by atoms with E-state index in [1.165, 1.54) is 24.2 Å². The summed E-state index contributed by atoms with van der Waals surface area (Å²) in [5.74, 6) is 1.14. The maximum atomic E-state index is 12.0. The van der Waals surface area contributed by atoms with Crippen molar-refractivity contribution in [3.63, 3.8) is 0 Å². The molecule has 1 rings (SSSR count). The summed E-state index contributed by atoms with van der Waals surface area (Å²) in [7, 11) is 0. The van der Waals surface area contributed by atoms with Gasteiger partial charge in [-0.3, -0.25) is 0 Å². The Morgan fingerprint density at radius 2 is 2.00 bits per heavy atom. The first-order chi connectivity index (χ1) is 10.0. The molecule has 0 aliphatic carbocycles. The maximum absolute atomic E-state index is 12.0. The van der Waals surface area contributed by atoms with Crippen LogP contribution in [0.5, 0.6) is 0 Å². The van der Waals surface area contributed by atoms with Crippen LogP contribution >= 0.6 is 11.8 Å². The lowest BCUT2D eigenvalue weighted by atomic mass is 10.0. The molecule has 1 unspecified atom stereocenters. The average molecular weight is 316 g/mol. The summed E-state index contributed by atoms with van der Waals surface area (Å²) >= 11 is 1.59. The van der Waals surface area contributed by atoms with E-state index in [0.717, 1.165) is 24.5 Å². The summed E-state index contributed by atoms with van der Waals surface area (Å²) in [5, 5.41) is 12.0. The van der Waals surface area contributed by atoms with Gasteiger partial charge in [0.25, 0.3) is 0 Å². The Hall–Kier alpha value is -0.910. The van der Waals surface area contributed by atoms with Crippen LogP contribution in [0.3, 0.4) is 0 Å². The summed E-state index contributed by atoms with van der Waals surface area (Å²) in [6.07, 6.45) is 5.79. The molecule has 122 valence electrons. The Balaban J connectivity index is 2.16. The molecule has 1 heterocycles. The highest BCUT2D eigenvalue weighted by molar-refractivity contribution is 7.99. The van der Waals surface area contributed by atoms with Crippen LogP contribution in [0.4, 0.5) is 4.79 Å². The normalized spacial score (nSPS) is 18.8. The van der Waals surface area contributed by atoms with Gasteiger partial charge in [-0.15, -0.1) is 0 Å². The fourth-order valence-corrected chi connectivity index (χ4v) is 3.42. The minimum atomic E-state index is -0.911. The molecule has 2 N–H and O–H groups in total. The van der Waals surface area contributed by atoms with E-state index < -0.39 is 12.0 Å². The molecule has 0 bridgehead atoms. The smallest absolute Gasteiger partial charge is 0.327 e. The quantitative estimate of drug-likeness (QED) is 0.676. The fourth-order valence-electron chi connectivity index (χ4n) is 2.38. The first-order valence-corrected chi connectivity index (χ1v) is 9.03. The number of carboxylic acids is 1. The van der Waals surface area contributed by atoms with Crippen LogP contribution in [0.15, 0.2) is 0 Å². The van der Waals surface area contributed by atoms with Crippen molar-refractivity contribution < 1.29 is 14.7 Å². The van der Waals surface area contributed by atoms with Crippen LogP contribution in [-0.2, 0) is 4.79 Å². The summed E-state index contributed by atoms with van der Waals surface area (Å²) in [4.78, 5) is 24.6. The Labute approximate surface area is 131 Å². The van der Waals surface area contributed by atoms with Crippen molar-refractivity contribution in [1.82, 2.24) is 10.2 Å². The molecular formula is C15H28N2O3S. The number of urea groups is 1. The highest BCUT2D eigenvalue weighted by Gasteiger charge is 2.32. The average Bonchev–Trinajstić information content (AvgIpc) is 2.45. The zero-order valence-electron chi connectivity index (χ0n) is 13.1. The summed E-state index contributed by atoms with van der Waals surface area (Å²) < 4.78 is 0. The lowest BCUT2D eigenvalue weighted by Crippen LogP contribution is -2.53. The highest BCUT2D eigenvalue weighted by Crippen LogP contribution is 2.16. The SMILES string of the molecule is CC(C)CCCCCCNC(=O)N1CCSCC1C(=O)O. The summed E-state index contributed by atoms with van der Waals surface area (Å²) in [6, 6.07) is -0.917. The van der Waals surface area contributed by atoms with Crippen molar-refractivity contribution in [3.8, 4) is 0 Å². The van der Waals surface area contributed by atoms with Crippen molar-refractivity contribution >= 4 is 23.8 Å². The molecule has 0 saturated carbocycles. The van der Waals surface area contributed by atoms with Crippen LogP contribution in [0.2, 0.25) is 0 Å². The number of nitrogens with one attached hydrogen (secondary N) is 1. The molecule has 1 aliphatic rings. The number of carbonyl (C=O) groups excluding carboxylic acids is 1. The number of carboxylic acid groups (broad SMARTS) is 1. The minimum absolute atomic E-state index is 0.232. The summed E-state index contributed by atoms with van der Waals surface area (Å²) in [5.41, 5.74) is 0. The van der Waals surface area contributed by atoms with Crippen molar-refractivity contribution in [3.05, 3.63) is 0 Å². The summed E-state index contributed by atoms with van der Waals surface area (Å²) in [6.45, 7) is 5.62. The van der Waals surface area contributed by atoms with E-state index in [1.807, 2.05) is 0 Å². The highest BCUT2D eigenvalue weighted by atomic mass is 32.2. The van der Waals surface area contributed by atoms with Gasteiger partial charge in [0.2, 0.25) is 0 Å². The van der Waals surface area contributed by atoms with Gasteiger partial charge in [0, 0.05) is 24.6 Å². The van der Waals surface area contributed by atoms with Gasteiger partial charge >= 0.3 is 12.0 Å². The van der Waals surface area contributed by atoms with Crippen LogP contribution in [-0.4, -0.2) is 52.6 Å². The first kappa shape index (κ1) is 18.1. The number of unbranched alkanes of at least 4 members (excludes halogenated alkanes) is 3. The van der Waals surface area contributed by atoms with Gasteiger partial charge in [0.1, 0.15) is 6.04 Å². The van der Waals surface area contributed by atoms with Gasteiger partial charge in [0.05, 0.1) is 0 Å². The van der Waals surface area contributed by atoms with Gasteiger partial charge < -0.3 is 15.3 Å². The van der Waals surface area contributed by atoms with Crippen LogP contribution in [0.25, 0.3) is 0 Å². The van der Waals surface area contributed by atoms with E-state index in [-0.39, 0.29) is 6.03 Å². The predicted octanol–water partition coefficient (Wildman–Crippen LogP) is 2.80. The minimum Gasteiger partial charge on any atom is -0.480 e. The molecule has 1 aliphatic heterocycles. The Kier molecular flexibility index (Phi) is 8.57. The first-order valence-electron chi connectivity index (χ1n) is 7.87. The number of hydrogen-bond donors (Lipinski definition) is 2. The van der Waals surface area contributed by atoms with Crippen molar-refractivity contribution in [2.24, 2.45) is 5.92 Å². The van der Waals surface area contributed by atoms with Gasteiger partial charge in [-0.25, -0.2) is 9.59 Å². The van der Waals surface area contributed by atoms with E-state index >= 15 is 0 Å². The van der Waals surface area contributed by atoms with Crippen LogP contribution in [0, 0.1) is 5.92 Å². The van der Waals surface area contributed by atoms with Crippen molar-refractivity contribution in [2.45, 2.75) is 52.0 Å². The van der Waals surface area contributed by atoms with E-state index in [1.54, 1.807) is 11.8 Å². The topological polar surface area (TPSA) is 69.6 Å². The molecule has 1 saturated heterocycles. The third-order valence-electron chi connectivity index (χ3n) is 3.66. The fraction of sp³-hybridized carbons (Fsp3) is 0.867. The van der Waals surface area contributed by atoms with E-state index in [9.17, 15) is 9.59 Å². The van der Waals surface area contributed by atoms with Gasteiger partial charge in [0.15, 0.2) is 0 Å². The standard InChI is InChI=1S/C15H28N2O3S/c1-12(2)7-5-3-4-6-8-16-15(20)17-9-10-21-11-13(17)14(18)19/h12-13H,3-11H2,1-2H3,(H,16,20)(H,18,19). The van der Waals surface area contributed by atoms with Crippen LogP contribution < -0.4 is 5.32 Å². The number of carbonyl (C=O) groups is 2. The zero-order valence-corrected chi connectivity index (χ0v) is 14.0. The Morgan fingerprint density at radius 1 is 1.29 bits per heavy atom. The van der Waals surface area contributed by atoms with E-state index in [0.29, 0.717) is 18.8 Å². The molecule has 6 heteroatoms. The molecule has 0 aromatic heterocycles. The lowest BCUT2D eigenvalue weighted by Gasteiger charge is -2.32. The molecule has 2 amide bonds. The Morgan fingerprint density at radius 3 is 2.67 bits per heavy atom. The van der Waals surface area contributed by atoms with Gasteiger partial charge in [-0.1, -0.05) is 39.5 Å². The van der Waals surface area contributed by atoms with Crippen molar-refractivity contribution in [1.29, 1.82) is 0 Å². The Bertz CT molecular complexity index is 337.